The molecule has 0 amide bonds. The number of pyridine rings is 1. The second-order valence-electron chi connectivity index (χ2n) is 7.58. The van der Waals surface area contributed by atoms with Crippen molar-refractivity contribution < 1.29 is 10.9 Å². The third-order valence-electron chi connectivity index (χ3n) is 5.29. The first-order valence-corrected chi connectivity index (χ1v) is 14.6. The molecule has 0 N–H and O–H groups in total. The van der Waals surface area contributed by atoms with E-state index in [0.717, 1.165) is 23.4 Å². The van der Waals surface area contributed by atoms with Crippen molar-refractivity contribution in [3.63, 3.8) is 0 Å². The first-order valence-electron chi connectivity index (χ1n) is 9.73. The molecular formula is C24H25Br2N2Ni. The van der Waals surface area contributed by atoms with Crippen molar-refractivity contribution in [1.82, 2.24) is 4.98 Å². The van der Waals surface area contributed by atoms with Crippen molar-refractivity contribution in [3.8, 4) is 11.3 Å². The van der Waals surface area contributed by atoms with Gasteiger partial charge in [0, 0.05) is 11.3 Å². The summed E-state index contributed by atoms with van der Waals surface area (Å²) in [6.45, 7) is 6.80. The van der Waals surface area contributed by atoms with Crippen molar-refractivity contribution in [3.05, 3.63) is 88.9 Å². The van der Waals surface area contributed by atoms with Gasteiger partial charge in [0.2, 0.25) is 0 Å². The Labute approximate surface area is 194 Å². The Morgan fingerprint density at radius 3 is 2.34 bits per heavy atom. The Morgan fingerprint density at radius 1 is 0.966 bits per heavy atom. The summed E-state index contributed by atoms with van der Waals surface area (Å²) < 4.78 is 0. The molecule has 2 aromatic carbocycles. The van der Waals surface area contributed by atoms with Gasteiger partial charge in [0.1, 0.15) is 0 Å². The average molecular weight is 560 g/mol. The van der Waals surface area contributed by atoms with E-state index >= 15 is 0 Å². The van der Waals surface area contributed by atoms with Gasteiger partial charge in [-0.05, 0) is 24.0 Å². The van der Waals surface area contributed by atoms with Crippen LogP contribution in [0.2, 0.25) is 0 Å². The Morgan fingerprint density at radius 2 is 1.66 bits per heavy atom. The molecule has 0 saturated heterocycles. The van der Waals surface area contributed by atoms with E-state index in [1.165, 1.54) is 27.7 Å². The SMILES string of the molecule is CC(C)c1cccc2c1[N-]C(c1cccc(-c3ccccc3)n1)CC2C.[Br][Ni+][Br]. The summed E-state index contributed by atoms with van der Waals surface area (Å²) in [6, 6.07) is 23.4. The summed E-state index contributed by atoms with van der Waals surface area (Å²) in [4.78, 5) is 4.95. The van der Waals surface area contributed by atoms with Crippen LogP contribution in [0.5, 0.6) is 0 Å². The van der Waals surface area contributed by atoms with Crippen LogP contribution in [0.1, 0.15) is 61.9 Å². The minimum atomic E-state index is 0.126. The van der Waals surface area contributed by atoms with E-state index < -0.39 is 0 Å². The monoisotopic (exact) mass is 557 g/mol. The molecule has 0 aliphatic carbocycles. The van der Waals surface area contributed by atoms with E-state index in [9.17, 15) is 0 Å². The van der Waals surface area contributed by atoms with Gasteiger partial charge in [0.25, 0.3) is 0 Å². The number of fused-ring (bicyclic) bond motifs is 1. The van der Waals surface area contributed by atoms with E-state index in [0.29, 0.717) is 11.8 Å². The minimum absolute atomic E-state index is 0.126. The number of hydrogen-bond acceptors (Lipinski definition) is 1. The van der Waals surface area contributed by atoms with Gasteiger partial charge < -0.3 is 5.32 Å². The molecule has 5 heteroatoms. The van der Waals surface area contributed by atoms with Gasteiger partial charge in [-0.1, -0.05) is 99.0 Å². The summed E-state index contributed by atoms with van der Waals surface area (Å²) in [7, 11) is 1.25. The van der Waals surface area contributed by atoms with E-state index in [-0.39, 0.29) is 6.04 Å². The fraction of sp³-hybridized carbons (Fsp3) is 0.292. The molecule has 4 rings (SSSR count). The molecule has 1 aliphatic heterocycles. The second-order valence-corrected chi connectivity index (χ2v) is 12.6. The van der Waals surface area contributed by atoms with Crippen molar-refractivity contribution in [1.29, 1.82) is 0 Å². The van der Waals surface area contributed by atoms with Crippen LogP contribution in [-0.4, -0.2) is 4.98 Å². The van der Waals surface area contributed by atoms with Crippen LogP contribution in [0.15, 0.2) is 66.7 Å². The molecule has 29 heavy (non-hydrogen) atoms. The zero-order valence-corrected chi connectivity index (χ0v) is 20.9. The molecule has 1 aromatic heterocycles. The molecule has 3 aromatic rings. The maximum absolute atomic E-state index is 5.16. The summed E-state index contributed by atoms with van der Waals surface area (Å²) in [5.41, 5.74) is 7.17. The topological polar surface area (TPSA) is 27.0 Å². The Bertz CT molecular complexity index is 917. The predicted octanol–water partition coefficient (Wildman–Crippen LogP) is 8.81. The van der Waals surface area contributed by atoms with Gasteiger partial charge in [0.15, 0.2) is 0 Å². The van der Waals surface area contributed by atoms with Gasteiger partial charge in [-0.15, -0.1) is 5.69 Å². The Balaban J connectivity index is 0.000000755. The Hall–Kier alpha value is -1.16. The number of hydrogen-bond donors (Lipinski definition) is 0. The number of nitrogens with zero attached hydrogens (tertiary/aromatic N) is 2. The maximum atomic E-state index is 5.16. The molecule has 2 nitrogen and oxygen atoms in total. The van der Waals surface area contributed by atoms with E-state index in [1.54, 1.807) is 0 Å². The summed E-state index contributed by atoms with van der Waals surface area (Å²) in [5.74, 6) is 0.969. The van der Waals surface area contributed by atoms with E-state index in [1.807, 2.05) is 6.07 Å². The zero-order chi connectivity index (χ0) is 20.8. The van der Waals surface area contributed by atoms with Gasteiger partial charge in [-0.2, -0.15) is 0 Å². The predicted molar refractivity (Wildman–Crippen MR) is 127 cm³/mol. The Kier molecular flexibility index (Phi) is 8.35. The molecule has 0 radical (unpaired) electrons. The first kappa shape index (κ1) is 22.5. The van der Waals surface area contributed by atoms with Crippen molar-refractivity contribution in [2.75, 3.05) is 0 Å². The fourth-order valence-corrected chi connectivity index (χ4v) is 3.86. The van der Waals surface area contributed by atoms with Crippen molar-refractivity contribution >= 4 is 34.1 Å². The van der Waals surface area contributed by atoms with Gasteiger partial charge in [-0.3, -0.25) is 4.98 Å². The summed E-state index contributed by atoms with van der Waals surface area (Å²) >= 11 is 6.00. The quantitative estimate of drug-likeness (QED) is 0.295. The van der Waals surface area contributed by atoms with Crippen LogP contribution in [0.3, 0.4) is 0 Å². The normalized spacial score (nSPS) is 17.9. The van der Waals surface area contributed by atoms with Crippen LogP contribution in [0.25, 0.3) is 16.6 Å². The van der Waals surface area contributed by atoms with Crippen LogP contribution >= 0.6 is 28.5 Å². The zero-order valence-electron chi connectivity index (χ0n) is 16.8. The molecule has 155 valence electrons. The number of rotatable bonds is 3. The van der Waals surface area contributed by atoms with Gasteiger partial charge >= 0.3 is 39.3 Å². The molecule has 0 fully saturated rings. The van der Waals surface area contributed by atoms with Crippen molar-refractivity contribution in [2.45, 2.75) is 45.1 Å². The molecule has 0 spiro atoms. The third kappa shape index (κ3) is 5.51. The first-order chi connectivity index (χ1) is 14.0. The second kappa shape index (κ2) is 10.7. The molecule has 0 saturated carbocycles. The van der Waals surface area contributed by atoms with Crippen LogP contribution in [-0.2, 0) is 10.9 Å². The molecule has 2 heterocycles. The van der Waals surface area contributed by atoms with E-state index in [4.69, 9.17) is 10.3 Å². The summed E-state index contributed by atoms with van der Waals surface area (Å²) in [5, 5.41) is 5.16. The third-order valence-corrected chi connectivity index (χ3v) is 5.29. The number of halogens is 2. The van der Waals surface area contributed by atoms with Crippen molar-refractivity contribution in [2.24, 2.45) is 0 Å². The van der Waals surface area contributed by atoms with Crippen LogP contribution < -0.4 is 0 Å². The molecule has 1 aliphatic rings. The fourth-order valence-electron chi connectivity index (χ4n) is 3.86. The van der Waals surface area contributed by atoms with Crippen LogP contribution in [0.4, 0.5) is 5.69 Å². The van der Waals surface area contributed by atoms with E-state index in [2.05, 4.69) is 110 Å². The van der Waals surface area contributed by atoms with Gasteiger partial charge in [-0.25, -0.2) is 0 Å². The molecule has 0 bridgehead atoms. The number of para-hydroxylation sites is 1. The molecule has 2 atom stereocenters. The standard InChI is InChI=1S/C24H25N2.2BrH.Ni/c1-16(2)19-11-7-12-20-17(3)15-23(26-24(19)20)22-14-8-13-21(25-22)18-9-5-4-6-10-18;;;/h4-14,16-17,23H,15H2,1-3H3;2*1H;/q-1;;;+3/p-2. The molecular weight excluding hydrogens is 535 g/mol. The molecule has 2 unspecified atom stereocenters. The summed E-state index contributed by atoms with van der Waals surface area (Å²) in [6.07, 6.45) is 1.01. The average Bonchev–Trinajstić information content (AvgIpc) is 2.74. The van der Waals surface area contributed by atoms with Crippen LogP contribution in [0, 0.1) is 0 Å². The number of aromatic nitrogens is 1. The van der Waals surface area contributed by atoms with Gasteiger partial charge in [0.05, 0.1) is 5.69 Å². The number of benzene rings is 2.